The van der Waals surface area contributed by atoms with E-state index in [4.69, 9.17) is 0 Å². The van der Waals surface area contributed by atoms with Crippen LogP contribution in [0.1, 0.15) is 17.3 Å². The zero-order chi connectivity index (χ0) is 18.0. The molecular formula is C19H17N3O3. The molecule has 0 unspecified atom stereocenters. The van der Waals surface area contributed by atoms with E-state index in [1.54, 1.807) is 62.8 Å². The van der Waals surface area contributed by atoms with Crippen LogP contribution in [0.3, 0.4) is 0 Å². The smallest absolute Gasteiger partial charge is 0.265 e. The summed E-state index contributed by atoms with van der Waals surface area (Å²) in [7, 11) is 1.57. The van der Waals surface area contributed by atoms with Gasteiger partial charge in [-0.2, -0.15) is 0 Å². The van der Waals surface area contributed by atoms with E-state index in [-0.39, 0.29) is 11.3 Å². The molecule has 6 heteroatoms. The highest BCUT2D eigenvalue weighted by atomic mass is 16.3. The number of fused-ring (bicyclic) bond motifs is 1. The average molecular weight is 335 g/mol. The van der Waals surface area contributed by atoms with E-state index in [1.165, 1.54) is 10.6 Å². The SMILES string of the molecule is C/C(=C\C(=O)c1c(O)c2ccccc2n(C)c1=O)Nc1cccnc1. The van der Waals surface area contributed by atoms with Crippen molar-refractivity contribution in [3.63, 3.8) is 0 Å². The van der Waals surface area contributed by atoms with Gasteiger partial charge in [0.05, 0.1) is 17.4 Å². The Labute approximate surface area is 144 Å². The molecule has 3 rings (SSSR count). The van der Waals surface area contributed by atoms with Crippen molar-refractivity contribution in [1.29, 1.82) is 0 Å². The van der Waals surface area contributed by atoms with Gasteiger partial charge in [-0.3, -0.25) is 14.6 Å². The van der Waals surface area contributed by atoms with Crippen LogP contribution in [0.2, 0.25) is 0 Å². The molecule has 0 saturated heterocycles. The van der Waals surface area contributed by atoms with Gasteiger partial charge < -0.3 is 15.0 Å². The van der Waals surface area contributed by atoms with Crippen molar-refractivity contribution < 1.29 is 9.90 Å². The highest BCUT2D eigenvalue weighted by Gasteiger charge is 2.19. The van der Waals surface area contributed by atoms with Crippen molar-refractivity contribution in [3.05, 3.63) is 76.5 Å². The number of carbonyl (C=O) groups excluding carboxylic acids is 1. The first kappa shape index (κ1) is 16.4. The van der Waals surface area contributed by atoms with Crippen LogP contribution in [0.25, 0.3) is 10.9 Å². The minimum atomic E-state index is -0.558. The summed E-state index contributed by atoms with van der Waals surface area (Å²) in [4.78, 5) is 29.1. The third kappa shape index (κ3) is 3.14. The van der Waals surface area contributed by atoms with Crippen LogP contribution in [-0.4, -0.2) is 20.4 Å². The van der Waals surface area contributed by atoms with Gasteiger partial charge in [0.2, 0.25) is 0 Å². The van der Waals surface area contributed by atoms with Crippen molar-refractivity contribution in [2.45, 2.75) is 6.92 Å². The lowest BCUT2D eigenvalue weighted by atomic mass is 10.1. The number of rotatable bonds is 4. The van der Waals surface area contributed by atoms with Crippen LogP contribution in [0.15, 0.2) is 65.4 Å². The molecule has 1 aromatic carbocycles. The second kappa shape index (κ2) is 6.60. The zero-order valence-electron chi connectivity index (χ0n) is 13.9. The number of allylic oxidation sites excluding steroid dienone is 2. The first-order valence-electron chi connectivity index (χ1n) is 7.69. The molecule has 0 atom stereocenters. The molecule has 0 radical (unpaired) electrons. The largest absolute Gasteiger partial charge is 0.506 e. The molecule has 0 spiro atoms. The van der Waals surface area contributed by atoms with E-state index >= 15 is 0 Å². The fraction of sp³-hybridized carbons (Fsp3) is 0.105. The quantitative estimate of drug-likeness (QED) is 0.566. The van der Waals surface area contributed by atoms with Gasteiger partial charge in [0.25, 0.3) is 5.56 Å². The predicted octanol–water partition coefficient (Wildman–Crippen LogP) is 2.84. The molecule has 0 aliphatic heterocycles. The second-order valence-electron chi connectivity index (χ2n) is 5.66. The van der Waals surface area contributed by atoms with Gasteiger partial charge in [-0.05, 0) is 31.2 Å². The number of anilines is 1. The molecule has 0 saturated carbocycles. The Hall–Kier alpha value is -3.41. The number of nitrogens with one attached hydrogen (secondary N) is 1. The van der Waals surface area contributed by atoms with E-state index in [0.717, 1.165) is 5.69 Å². The average Bonchev–Trinajstić information content (AvgIpc) is 2.60. The highest BCUT2D eigenvalue weighted by Crippen LogP contribution is 2.26. The number of ketones is 1. The van der Waals surface area contributed by atoms with Crippen LogP contribution in [0, 0.1) is 0 Å². The van der Waals surface area contributed by atoms with E-state index in [1.807, 2.05) is 0 Å². The normalized spacial score (nSPS) is 11.5. The summed E-state index contributed by atoms with van der Waals surface area (Å²) in [6.07, 6.45) is 4.55. The van der Waals surface area contributed by atoms with Gasteiger partial charge in [-0.25, -0.2) is 0 Å². The lowest BCUT2D eigenvalue weighted by Crippen LogP contribution is -2.24. The molecule has 2 N–H and O–H groups in total. The first-order valence-corrected chi connectivity index (χ1v) is 7.69. The lowest BCUT2D eigenvalue weighted by Gasteiger charge is -2.10. The van der Waals surface area contributed by atoms with E-state index < -0.39 is 11.3 Å². The van der Waals surface area contributed by atoms with Crippen molar-refractivity contribution in [1.82, 2.24) is 9.55 Å². The third-order valence-corrected chi connectivity index (χ3v) is 3.87. The molecular weight excluding hydrogens is 318 g/mol. The summed E-state index contributed by atoms with van der Waals surface area (Å²) >= 11 is 0. The van der Waals surface area contributed by atoms with Crippen LogP contribution in [-0.2, 0) is 7.05 Å². The summed E-state index contributed by atoms with van der Waals surface area (Å²) in [6.45, 7) is 1.70. The number of aromatic hydroxyl groups is 1. The molecule has 2 heterocycles. The van der Waals surface area contributed by atoms with Gasteiger partial charge in [-0.15, -0.1) is 0 Å². The lowest BCUT2D eigenvalue weighted by molar-refractivity contribution is 0.104. The predicted molar refractivity (Wildman–Crippen MR) is 96.8 cm³/mol. The second-order valence-corrected chi connectivity index (χ2v) is 5.66. The van der Waals surface area contributed by atoms with Gasteiger partial charge in [0.1, 0.15) is 11.3 Å². The fourth-order valence-electron chi connectivity index (χ4n) is 2.67. The Morgan fingerprint density at radius 2 is 2.00 bits per heavy atom. The molecule has 126 valence electrons. The molecule has 0 fully saturated rings. The number of aryl methyl sites for hydroxylation is 1. The summed E-state index contributed by atoms with van der Waals surface area (Å²) in [5.41, 5.74) is 1.04. The monoisotopic (exact) mass is 335 g/mol. The fourth-order valence-corrected chi connectivity index (χ4v) is 2.67. The molecule has 0 aliphatic carbocycles. The van der Waals surface area contributed by atoms with Crippen LogP contribution < -0.4 is 10.9 Å². The molecule has 0 aliphatic rings. The van der Waals surface area contributed by atoms with E-state index in [2.05, 4.69) is 10.3 Å². The molecule has 25 heavy (non-hydrogen) atoms. The Kier molecular flexibility index (Phi) is 4.35. The molecule has 0 amide bonds. The van der Waals surface area contributed by atoms with Crippen molar-refractivity contribution >= 4 is 22.4 Å². The minimum absolute atomic E-state index is 0.242. The van der Waals surface area contributed by atoms with E-state index in [9.17, 15) is 14.7 Å². The number of para-hydroxylation sites is 1. The summed E-state index contributed by atoms with van der Waals surface area (Å²) < 4.78 is 1.36. The van der Waals surface area contributed by atoms with Gasteiger partial charge in [0, 0.05) is 30.4 Å². The number of benzene rings is 1. The zero-order valence-corrected chi connectivity index (χ0v) is 13.9. The van der Waals surface area contributed by atoms with Crippen LogP contribution in [0.5, 0.6) is 5.75 Å². The maximum atomic E-state index is 12.6. The number of hydrogen-bond acceptors (Lipinski definition) is 5. The molecule has 3 aromatic rings. The van der Waals surface area contributed by atoms with Crippen LogP contribution >= 0.6 is 0 Å². The van der Waals surface area contributed by atoms with E-state index in [0.29, 0.717) is 16.6 Å². The van der Waals surface area contributed by atoms with Gasteiger partial charge in [-0.1, -0.05) is 12.1 Å². The number of aromatic nitrogens is 2. The Morgan fingerprint density at radius 1 is 1.24 bits per heavy atom. The summed E-state index contributed by atoms with van der Waals surface area (Å²) in [5, 5.41) is 13.9. The standard InChI is InChI=1S/C19H17N3O3/c1-12(21-13-6-5-9-20-11-13)10-16(23)17-18(24)14-7-3-4-8-15(14)22(2)19(17)25/h3-11,21,24H,1-2H3/b12-10+. The Morgan fingerprint density at radius 3 is 2.72 bits per heavy atom. The molecule has 6 nitrogen and oxygen atoms in total. The number of hydrogen-bond donors (Lipinski definition) is 2. The Bertz CT molecular complexity index is 1040. The van der Waals surface area contributed by atoms with Crippen LogP contribution in [0.4, 0.5) is 5.69 Å². The van der Waals surface area contributed by atoms with Gasteiger partial charge >= 0.3 is 0 Å². The number of pyridine rings is 2. The molecule has 0 bridgehead atoms. The maximum Gasteiger partial charge on any atom is 0.265 e. The maximum absolute atomic E-state index is 12.6. The summed E-state index contributed by atoms with van der Waals surface area (Å²) in [5.74, 6) is -0.855. The summed E-state index contributed by atoms with van der Waals surface area (Å²) in [6, 6.07) is 10.5. The first-order chi connectivity index (χ1) is 12.0. The number of carbonyl (C=O) groups is 1. The number of nitrogens with zero attached hydrogens (tertiary/aromatic N) is 2. The third-order valence-electron chi connectivity index (χ3n) is 3.87. The highest BCUT2D eigenvalue weighted by molar-refractivity contribution is 6.09. The topological polar surface area (TPSA) is 84.2 Å². The molecule has 2 aromatic heterocycles. The Balaban J connectivity index is 2.03. The van der Waals surface area contributed by atoms with Crippen molar-refractivity contribution in [3.8, 4) is 5.75 Å². The van der Waals surface area contributed by atoms with Crippen molar-refractivity contribution in [2.24, 2.45) is 7.05 Å². The minimum Gasteiger partial charge on any atom is -0.506 e. The van der Waals surface area contributed by atoms with Crippen molar-refractivity contribution in [2.75, 3.05) is 5.32 Å². The van der Waals surface area contributed by atoms with Gasteiger partial charge in [0.15, 0.2) is 5.78 Å².